The molecule has 1 aromatic carbocycles. The van der Waals surface area contributed by atoms with Gasteiger partial charge in [0.05, 0.1) is 5.69 Å². The maximum absolute atomic E-state index is 13.5. The Balaban J connectivity index is 2.53. The summed E-state index contributed by atoms with van der Waals surface area (Å²) in [7, 11) is 1.77. The number of halogens is 2. The van der Waals surface area contributed by atoms with Gasteiger partial charge in [-0.05, 0) is 25.1 Å². The second-order valence-electron chi connectivity index (χ2n) is 3.31. The van der Waals surface area contributed by atoms with Crippen molar-refractivity contribution in [1.82, 2.24) is 4.98 Å². The summed E-state index contributed by atoms with van der Waals surface area (Å²) >= 11 is 1.31. The van der Waals surface area contributed by atoms with Crippen molar-refractivity contribution in [3.63, 3.8) is 0 Å². The van der Waals surface area contributed by atoms with Crippen LogP contribution in [0.15, 0.2) is 18.2 Å². The number of thiazole rings is 1. The summed E-state index contributed by atoms with van der Waals surface area (Å²) in [5.74, 6) is -0.923. The van der Waals surface area contributed by atoms with Gasteiger partial charge in [0.15, 0.2) is 0 Å². The molecule has 2 aromatic rings. The Morgan fingerprint density at radius 1 is 1.31 bits per heavy atom. The third kappa shape index (κ3) is 1.90. The second-order valence-corrected chi connectivity index (χ2v) is 4.31. The molecule has 0 unspecified atom stereocenters. The zero-order chi connectivity index (χ0) is 11.7. The molecule has 1 heterocycles. The average Bonchev–Trinajstić information content (AvgIpc) is 2.63. The Bertz CT molecular complexity index is 523. The number of hydrogen-bond donors (Lipinski definition) is 1. The van der Waals surface area contributed by atoms with E-state index in [1.54, 1.807) is 7.05 Å². The zero-order valence-electron chi connectivity index (χ0n) is 8.84. The van der Waals surface area contributed by atoms with Crippen molar-refractivity contribution in [2.24, 2.45) is 0 Å². The number of nitrogens with one attached hydrogen (secondary N) is 1. The van der Waals surface area contributed by atoms with E-state index >= 15 is 0 Å². The van der Waals surface area contributed by atoms with Crippen LogP contribution in [0.5, 0.6) is 0 Å². The normalized spacial score (nSPS) is 10.5. The maximum Gasteiger partial charge on any atom is 0.133 e. The van der Waals surface area contributed by atoms with Crippen LogP contribution in [0.4, 0.5) is 13.8 Å². The molecule has 0 saturated carbocycles. The highest BCUT2D eigenvalue weighted by Gasteiger charge is 2.12. The molecule has 0 aliphatic heterocycles. The van der Waals surface area contributed by atoms with Crippen LogP contribution in [-0.4, -0.2) is 12.0 Å². The molecule has 2 nitrogen and oxygen atoms in total. The van der Waals surface area contributed by atoms with E-state index in [1.165, 1.54) is 11.3 Å². The van der Waals surface area contributed by atoms with Gasteiger partial charge in [-0.15, -0.1) is 0 Å². The molecule has 0 aliphatic rings. The highest BCUT2D eigenvalue weighted by atomic mass is 32.1. The molecule has 5 heteroatoms. The Labute approximate surface area is 96.0 Å². The van der Waals surface area contributed by atoms with Crippen LogP contribution in [-0.2, 0) is 0 Å². The van der Waals surface area contributed by atoms with Crippen LogP contribution in [0, 0.1) is 18.6 Å². The fraction of sp³-hybridized carbons (Fsp3) is 0.182. The van der Waals surface area contributed by atoms with E-state index < -0.39 is 11.6 Å². The van der Waals surface area contributed by atoms with Crippen molar-refractivity contribution in [1.29, 1.82) is 0 Å². The van der Waals surface area contributed by atoms with Crippen molar-refractivity contribution >= 4 is 16.3 Å². The topological polar surface area (TPSA) is 24.9 Å². The largest absolute Gasteiger partial charge is 0.378 e. The molecule has 0 bridgehead atoms. The Kier molecular flexibility index (Phi) is 2.87. The molecule has 0 atom stereocenters. The van der Waals surface area contributed by atoms with Crippen molar-refractivity contribution in [2.45, 2.75) is 6.92 Å². The molecule has 1 N–H and O–H groups in total. The van der Waals surface area contributed by atoms with E-state index in [9.17, 15) is 8.78 Å². The van der Waals surface area contributed by atoms with Crippen LogP contribution < -0.4 is 5.32 Å². The van der Waals surface area contributed by atoms with Gasteiger partial charge in [0.2, 0.25) is 0 Å². The van der Waals surface area contributed by atoms with Crippen molar-refractivity contribution in [3.8, 4) is 10.6 Å². The van der Waals surface area contributed by atoms with Gasteiger partial charge in [-0.3, -0.25) is 0 Å². The highest BCUT2D eigenvalue weighted by molar-refractivity contribution is 7.19. The molecular weight excluding hydrogens is 230 g/mol. The van der Waals surface area contributed by atoms with Crippen LogP contribution in [0.3, 0.4) is 0 Å². The quantitative estimate of drug-likeness (QED) is 0.869. The van der Waals surface area contributed by atoms with Gasteiger partial charge in [-0.2, -0.15) is 0 Å². The van der Waals surface area contributed by atoms with Crippen LogP contribution in [0.25, 0.3) is 10.6 Å². The van der Waals surface area contributed by atoms with Gasteiger partial charge < -0.3 is 5.32 Å². The fourth-order valence-corrected chi connectivity index (χ4v) is 2.34. The summed E-state index contributed by atoms with van der Waals surface area (Å²) in [6.07, 6.45) is 0. The molecule has 0 aliphatic carbocycles. The number of hydrogen-bond acceptors (Lipinski definition) is 3. The maximum atomic E-state index is 13.5. The lowest BCUT2D eigenvalue weighted by Crippen LogP contribution is -1.86. The van der Waals surface area contributed by atoms with E-state index in [4.69, 9.17) is 0 Å². The predicted octanol–water partition coefficient (Wildman–Crippen LogP) is 3.44. The number of aryl methyl sites for hydroxylation is 1. The average molecular weight is 240 g/mol. The molecule has 84 valence electrons. The molecule has 1 aromatic heterocycles. The smallest absolute Gasteiger partial charge is 0.133 e. The number of anilines is 1. The summed E-state index contributed by atoms with van der Waals surface area (Å²) in [5.41, 5.74) is 0.987. The number of benzene rings is 1. The zero-order valence-corrected chi connectivity index (χ0v) is 9.66. The fourth-order valence-electron chi connectivity index (χ4n) is 1.40. The minimum absolute atomic E-state index is 0.203. The summed E-state index contributed by atoms with van der Waals surface area (Å²) < 4.78 is 26.5. The molecular formula is C11H10F2N2S. The minimum Gasteiger partial charge on any atom is -0.378 e. The van der Waals surface area contributed by atoms with E-state index in [1.807, 2.05) is 6.92 Å². The Morgan fingerprint density at radius 3 is 2.69 bits per heavy atom. The van der Waals surface area contributed by atoms with Crippen molar-refractivity contribution in [2.75, 3.05) is 12.4 Å². The van der Waals surface area contributed by atoms with E-state index in [-0.39, 0.29) is 5.56 Å². The van der Waals surface area contributed by atoms with Crippen molar-refractivity contribution in [3.05, 3.63) is 35.5 Å². The van der Waals surface area contributed by atoms with E-state index in [0.29, 0.717) is 5.01 Å². The first kappa shape index (κ1) is 11.0. The van der Waals surface area contributed by atoms with Crippen LogP contribution in [0.1, 0.15) is 5.69 Å². The number of nitrogens with zero attached hydrogens (tertiary/aromatic N) is 1. The third-order valence-electron chi connectivity index (χ3n) is 2.18. The van der Waals surface area contributed by atoms with Gasteiger partial charge in [-0.25, -0.2) is 13.8 Å². The van der Waals surface area contributed by atoms with E-state index in [2.05, 4.69) is 10.3 Å². The third-order valence-corrected chi connectivity index (χ3v) is 3.39. The Hall–Kier alpha value is -1.49. The second kappa shape index (κ2) is 4.17. The summed E-state index contributed by atoms with van der Waals surface area (Å²) in [5, 5.41) is 4.30. The molecule has 0 radical (unpaired) electrons. The standard InChI is InChI=1S/C11H10F2N2S/c1-6-10(14-2)16-11(15-6)8-5-7(12)3-4-9(8)13/h3-5,14H,1-2H3. The molecule has 0 saturated heterocycles. The highest BCUT2D eigenvalue weighted by Crippen LogP contribution is 2.33. The SMILES string of the molecule is CNc1sc(-c2cc(F)ccc2F)nc1C. The summed E-state index contributed by atoms with van der Waals surface area (Å²) in [4.78, 5) is 4.20. The Morgan fingerprint density at radius 2 is 2.06 bits per heavy atom. The number of rotatable bonds is 2. The molecule has 16 heavy (non-hydrogen) atoms. The van der Waals surface area contributed by atoms with Gasteiger partial charge in [0.1, 0.15) is 21.6 Å². The first-order valence-electron chi connectivity index (χ1n) is 4.72. The predicted molar refractivity (Wildman–Crippen MR) is 61.7 cm³/mol. The minimum atomic E-state index is -0.463. The molecule has 0 amide bonds. The molecule has 0 spiro atoms. The van der Waals surface area contributed by atoms with Gasteiger partial charge in [0.25, 0.3) is 0 Å². The van der Waals surface area contributed by atoms with Crippen LogP contribution in [0.2, 0.25) is 0 Å². The molecule has 0 fully saturated rings. The lowest BCUT2D eigenvalue weighted by atomic mass is 10.2. The van der Waals surface area contributed by atoms with Gasteiger partial charge >= 0.3 is 0 Å². The lowest BCUT2D eigenvalue weighted by Gasteiger charge is -1.98. The van der Waals surface area contributed by atoms with Gasteiger partial charge in [-0.1, -0.05) is 11.3 Å². The first-order valence-corrected chi connectivity index (χ1v) is 5.54. The van der Waals surface area contributed by atoms with Gasteiger partial charge in [0, 0.05) is 12.6 Å². The monoisotopic (exact) mass is 240 g/mol. The summed E-state index contributed by atoms with van der Waals surface area (Å²) in [6, 6.07) is 3.37. The first-order chi connectivity index (χ1) is 7.61. The lowest BCUT2D eigenvalue weighted by molar-refractivity contribution is 0.603. The van der Waals surface area contributed by atoms with Crippen LogP contribution >= 0.6 is 11.3 Å². The molecule has 2 rings (SSSR count). The van der Waals surface area contributed by atoms with Crippen molar-refractivity contribution < 1.29 is 8.78 Å². The van der Waals surface area contributed by atoms with E-state index in [0.717, 1.165) is 28.9 Å². The summed E-state index contributed by atoms with van der Waals surface area (Å²) in [6.45, 7) is 1.82. The number of aromatic nitrogens is 1.